The number of carbonyl (C=O) groups is 1. The largest absolute Gasteiger partial charge is 0.355 e. The summed E-state index contributed by atoms with van der Waals surface area (Å²) in [6, 6.07) is 15.7. The minimum absolute atomic E-state index is 0.0749. The lowest BCUT2D eigenvalue weighted by molar-refractivity contribution is -0.385. The van der Waals surface area contributed by atoms with Crippen LogP contribution in [0.2, 0.25) is 0 Å². The molecule has 1 aliphatic heterocycles. The lowest BCUT2D eigenvalue weighted by atomic mass is 9.99. The number of hydrogen-bond acceptors (Lipinski definition) is 6. The molecule has 1 amide bonds. The molecule has 8 nitrogen and oxygen atoms in total. The van der Waals surface area contributed by atoms with Crippen LogP contribution in [0.25, 0.3) is 11.3 Å². The number of nitrogens with one attached hydrogen (secondary N) is 1. The van der Waals surface area contributed by atoms with Crippen molar-refractivity contribution in [2.24, 2.45) is 5.92 Å². The first-order valence-electron chi connectivity index (χ1n) is 10.7. The summed E-state index contributed by atoms with van der Waals surface area (Å²) in [6.45, 7) is 5.87. The Hall–Kier alpha value is -3.81. The number of hydrogen-bond donors (Lipinski definition) is 1. The Balaban J connectivity index is 1.44. The molecule has 164 valence electrons. The van der Waals surface area contributed by atoms with E-state index < -0.39 is 4.92 Å². The zero-order valence-electron chi connectivity index (χ0n) is 18.1. The van der Waals surface area contributed by atoms with Gasteiger partial charge in [0.1, 0.15) is 0 Å². The van der Waals surface area contributed by atoms with Crippen molar-refractivity contribution in [1.29, 1.82) is 0 Å². The topological polar surface area (TPSA) is 101 Å². The minimum Gasteiger partial charge on any atom is -0.355 e. The van der Waals surface area contributed by atoms with Gasteiger partial charge in [-0.3, -0.25) is 14.9 Å². The Morgan fingerprint density at radius 3 is 2.41 bits per heavy atom. The zero-order valence-corrected chi connectivity index (χ0v) is 18.1. The molecule has 0 radical (unpaired) electrons. The summed E-state index contributed by atoms with van der Waals surface area (Å²) in [4.78, 5) is 25.5. The van der Waals surface area contributed by atoms with Gasteiger partial charge in [0, 0.05) is 41.5 Å². The molecule has 1 saturated heterocycles. The Bertz CT molecular complexity index is 1120. The summed E-state index contributed by atoms with van der Waals surface area (Å²) in [6.07, 6.45) is 2.35. The van der Waals surface area contributed by atoms with Gasteiger partial charge in [-0.15, -0.1) is 10.2 Å². The normalized spacial score (nSPS) is 14.2. The van der Waals surface area contributed by atoms with E-state index >= 15 is 0 Å². The van der Waals surface area contributed by atoms with Crippen LogP contribution in [0.15, 0.2) is 54.6 Å². The van der Waals surface area contributed by atoms with Crippen molar-refractivity contribution in [3.63, 3.8) is 0 Å². The maximum atomic E-state index is 12.6. The van der Waals surface area contributed by atoms with Crippen LogP contribution in [0.4, 0.5) is 17.2 Å². The molecule has 1 aliphatic rings. The van der Waals surface area contributed by atoms with Gasteiger partial charge in [-0.05, 0) is 56.0 Å². The van der Waals surface area contributed by atoms with Gasteiger partial charge in [0.05, 0.1) is 10.6 Å². The lowest BCUT2D eigenvalue weighted by Gasteiger charge is -2.30. The van der Waals surface area contributed by atoms with E-state index in [1.807, 2.05) is 24.3 Å². The fraction of sp³-hybridized carbons (Fsp3) is 0.292. The molecule has 3 aromatic rings. The molecule has 0 saturated carbocycles. The predicted molar refractivity (Wildman–Crippen MR) is 124 cm³/mol. The van der Waals surface area contributed by atoms with Crippen molar-refractivity contribution < 1.29 is 9.72 Å². The molecular weight excluding hydrogens is 406 g/mol. The van der Waals surface area contributed by atoms with Crippen LogP contribution in [0.3, 0.4) is 0 Å². The van der Waals surface area contributed by atoms with E-state index in [9.17, 15) is 14.9 Å². The second-order valence-corrected chi connectivity index (χ2v) is 8.18. The molecule has 0 spiro atoms. The summed E-state index contributed by atoms with van der Waals surface area (Å²) >= 11 is 0. The van der Waals surface area contributed by atoms with Crippen molar-refractivity contribution in [2.45, 2.75) is 26.7 Å². The first-order chi connectivity index (χ1) is 15.4. The average molecular weight is 431 g/mol. The second-order valence-electron chi connectivity index (χ2n) is 8.18. The third kappa shape index (κ3) is 4.59. The number of nitro benzene ring substituents is 1. The Morgan fingerprint density at radius 1 is 1.06 bits per heavy atom. The number of nitro groups is 1. The third-order valence-corrected chi connectivity index (χ3v) is 5.94. The lowest BCUT2D eigenvalue weighted by Crippen LogP contribution is -2.33. The van der Waals surface area contributed by atoms with Gasteiger partial charge in [-0.25, -0.2) is 0 Å². The zero-order chi connectivity index (χ0) is 22.7. The van der Waals surface area contributed by atoms with Crippen LogP contribution in [0, 0.1) is 23.0 Å². The van der Waals surface area contributed by atoms with Crippen LogP contribution < -0.4 is 10.2 Å². The van der Waals surface area contributed by atoms with Crippen molar-refractivity contribution in [1.82, 2.24) is 10.2 Å². The fourth-order valence-corrected chi connectivity index (χ4v) is 3.88. The molecule has 2 aromatic carbocycles. The average Bonchev–Trinajstić information content (AvgIpc) is 2.80. The van der Waals surface area contributed by atoms with Gasteiger partial charge < -0.3 is 10.2 Å². The summed E-state index contributed by atoms with van der Waals surface area (Å²) < 4.78 is 0. The summed E-state index contributed by atoms with van der Waals surface area (Å²) in [5.74, 6) is 1.27. The number of amides is 1. The van der Waals surface area contributed by atoms with E-state index in [4.69, 9.17) is 0 Å². The monoisotopic (exact) mass is 431 g/mol. The first-order valence-corrected chi connectivity index (χ1v) is 10.7. The number of benzene rings is 2. The van der Waals surface area contributed by atoms with Crippen molar-refractivity contribution in [3.8, 4) is 11.3 Å². The smallest absolute Gasteiger partial charge is 0.273 e. The number of nitrogens with zero attached hydrogens (tertiary/aromatic N) is 4. The Morgan fingerprint density at radius 2 is 1.78 bits per heavy atom. The van der Waals surface area contributed by atoms with Crippen molar-refractivity contribution in [2.75, 3.05) is 23.3 Å². The van der Waals surface area contributed by atoms with E-state index in [2.05, 4.69) is 27.3 Å². The van der Waals surface area contributed by atoms with E-state index in [1.165, 1.54) is 25.0 Å². The van der Waals surface area contributed by atoms with Crippen molar-refractivity contribution >= 4 is 23.1 Å². The highest BCUT2D eigenvalue weighted by molar-refractivity contribution is 6.05. The Labute approximate surface area is 186 Å². The van der Waals surface area contributed by atoms with Gasteiger partial charge in [-0.1, -0.05) is 25.1 Å². The molecule has 32 heavy (non-hydrogen) atoms. The van der Waals surface area contributed by atoms with Crippen LogP contribution in [-0.2, 0) is 0 Å². The molecule has 8 heteroatoms. The molecule has 4 rings (SSSR count). The second kappa shape index (κ2) is 9.13. The molecule has 0 atom stereocenters. The summed E-state index contributed by atoms with van der Waals surface area (Å²) in [5.41, 5.74) is 2.78. The number of carbonyl (C=O) groups excluding carboxylic acids is 1. The van der Waals surface area contributed by atoms with Gasteiger partial charge in [-0.2, -0.15) is 0 Å². The highest BCUT2D eigenvalue weighted by Gasteiger charge is 2.19. The molecule has 0 aliphatic carbocycles. The number of anilines is 2. The quantitative estimate of drug-likeness (QED) is 0.458. The summed E-state index contributed by atoms with van der Waals surface area (Å²) in [7, 11) is 0. The molecule has 1 fully saturated rings. The highest BCUT2D eigenvalue weighted by atomic mass is 16.6. The van der Waals surface area contributed by atoms with Crippen molar-refractivity contribution in [3.05, 3.63) is 75.8 Å². The van der Waals surface area contributed by atoms with Crippen LogP contribution in [0.1, 0.15) is 35.7 Å². The standard InChI is InChI=1S/C24H25N5O3/c1-16-12-14-28(15-13-16)23-11-10-21(26-27-23)18-6-8-19(9-7-18)25-24(30)20-4-3-5-22(17(20)2)29(31)32/h3-11,16H,12-15H2,1-2H3,(H,25,30). The van der Waals surface area contributed by atoms with Gasteiger partial charge in [0.15, 0.2) is 5.82 Å². The molecular formula is C24H25N5O3. The number of piperidine rings is 1. The van der Waals surface area contributed by atoms with E-state index in [0.29, 0.717) is 11.3 Å². The van der Waals surface area contributed by atoms with E-state index in [-0.39, 0.29) is 17.2 Å². The SMILES string of the molecule is Cc1c(C(=O)Nc2ccc(-c3ccc(N4CCC(C)CC4)nn3)cc2)cccc1[N+](=O)[O-]. The maximum absolute atomic E-state index is 12.6. The number of aromatic nitrogens is 2. The Kier molecular flexibility index (Phi) is 6.11. The molecule has 0 bridgehead atoms. The van der Waals surface area contributed by atoms with Gasteiger partial charge in [0.2, 0.25) is 0 Å². The molecule has 0 unspecified atom stereocenters. The molecule has 1 aromatic heterocycles. The fourth-order valence-electron chi connectivity index (χ4n) is 3.88. The molecule has 1 N–H and O–H groups in total. The van der Waals surface area contributed by atoms with Crippen LogP contribution in [0.5, 0.6) is 0 Å². The predicted octanol–water partition coefficient (Wildman–Crippen LogP) is 4.85. The number of rotatable bonds is 5. The minimum atomic E-state index is -0.487. The summed E-state index contributed by atoms with van der Waals surface area (Å²) in [5, 5.41) is 22.7. The molecule has 2 heterocycles. The first kappa shape index (κ1) is 21.4. The maximum Gasteiger partial charge on any atom is 0.273 e. The third-order valence-electron chi connectivity index (χ3n) is 5.94. The van der Waals surface area contributed by atoms with Crippen LogP contribution >= 0.6 is 0 Å². The van der Waals surface area contributed by atoms with Crippen LogP contribution in [-0.4, -0.2) is 34.1 Å². The van der Waals surface area contributed by atoms with Gasteiger partial charge >= 0.3 is 0 Å². The van der Waals surface area contributed by atoms with Gasteiger partial charge in [0.25, 0.3) is 11.6 Å². The van der Waals surface area contributed by atoms with E-state index in [0.717, 1.165) is 36.1 Å². The highest BCUT2D eigenvalue weighted by Crippen LogP contribution is 2.25. The van der Waals surface area contributed by atoms with E-state index in [1.54, 1.807) is 25.1 Å².